The lowest BCUT2D eigenvalue weighted by molar-refractivity contribution is 0.607. The van der Waals surface area contributed by atoms with Gasteiger partial charge in [0.25, 0.3) is 0 Å². The van der Waals surface area contributed by atoms with E-state index >= 15 is 0 Å². The molecule has 0 fully saturated rings. The zero-order valence-electron chi connectivity index (χ0n) is 55.2. The van der Waals surface area contributed by atoms with Crippen LogP contribution in [0.25, 0.3) is 83.3 Å². The van der Waals surface area contributed by atoms with Crippen LogP contribution in [0.15, 0.2) is 255 Å². The van der Waals surface area contributed by atoms with Gasteiger partial charge in [-0.1, -0.05) is 267 Å². The van der Waals surface area contributed by atoms with Gasteiger partial charge in [0.2, 0.25) is 0 Å². The number of unbranched alkanes of at least 4 members (excludes halogenated alkanes) is 10. The second-order valence-electron chi connectivity index (χ2n) is 25.6. The van der Waals surface area contributed by atoms with Gasteiger partial charge in [-0.15, -0.1) is 0 Å². The maximum Gasteiger partial charge on any atom is 0.0543 e. The third-order valence-electron chi connectivity index (χ3n) is 19.2. The number of anilines is 6. The molecular formula is C90H90N2. The molecule has 0 saturated heterocycles. The van der Waals surface area contributed by atoms with Crippen LogP contribution in [0.1, 0.15) is 130 Å². The summed E-state index contributed by atoms with van der Waals surface area (Å²) in [6.07, 6.45) is 19.0. The van der Waals surface area contributed by atoms with Gasteiger partial charge in [0, 0.05) is 33.8 Å². The van der Waals surface area contributed by atoms with E-state index in [0.717, 1.165) is 47.6 Å². The largest absolute Gasteiger partial charge is 0.310 e. The number of hydrogen-bond acceptors (Lipinski definition) is 2. The van der Waals surface area contributed by atoms with E-state index in [2.05, 4.69) is 307 Å². The molecule has 0 aliphatic heterocycles. The van der Waals surface area contributed by atoms with Gasteiger partial charge in [-0.05, 0) is 237 Å². The lowest BCUT2D eigenvalue weighted by Gasteiger charge is -2.31. The SMILES string of the molecule is C=Cc1cc(-c2ccc(N(c3ccc(-c4ccc(N(c5ccc(-c6ccccc6)cc5CCCCCCCC)c5cc(C)c(-c6c(C)cc(C)c7ccccc67)c6ccccc56)cc4)cc3)c3ccc(-c4ccccc4)c(CCCCCCCC)c3)cc2)ccc1C. The van der Waals surface area contributed by atoms with E-state index in [4.69, 9.17) is 0 Å². The van der Waals surface area contributed by atoms with Crippen molar-refractivity contribution >= 4 is 61.7 Å². The number of rotatable bonds is 26. The summed E-state index contributed by atoms with van der Waals surface area (Å²) < 4.78 is 0. The summed E-state index contributed by atoms with van der Waals surface area (Å²) in [6, 6.07) is 93.7. The highest BCUT2D eigenvalue weighted by Gasteiger charge is 2.24. The molecule has 0 bridgehead atoms. The van der Waals surface area contributed by atoms with Crippen molar-refractivity contribution < 1.29 is 0 Å². The van der Waals surface area contributed by atoms with E-state index in [0.29, 0.717) is 0 Å². The highest BCUT2D eigenvalue weighted by atomic mass is 15.2. The van der Waals surface area contributed by atoms with Gasteiger partial charge in [-0.3, -0.25) is 0 Å². The normalized spacial score (nSPS) is 11.4. The number of fused-ring (bicyclic) bond motifs is 2. The molecule has 12 aromatic carbocycles. The average Bonchev–Trinajstić information content (AvgIpc) is 0.764. The summed E-state index contributed by atoms with van der Waals surface area (Å²) in [6.45, 7) is 17.7. The second kappa shape index (κ2) is 29.6. The van der Waals surface area contributed by atoms with Gasteiger partial charge in [-0.2, -0.15) is 0 Å². The lowest BCUT2D eigenvalue weighted by Crippen LogP contribution is -2.14. The number of hydrogen-bond donors (Lipinski definition) is 0. The molecule has 0 aliphatic rings. The van der Waals surface area contributed by atoms with Gasteiger partial charge in [0.05, 0.1) is 5.69 Å². The molecule has 0 N–H and O–H groups in total. The summed E-state index contributed by atoms with van der Waals surface area (Å²) in [4.78, 5) is 5.03. The fourth-order valence-electron chi connectivity index (χ4n) is 14.2. The Hall–Kier alpha value is -9.50. The fraction of sp³-hybridized carbons (Fsp3) is 0.222. The van der Waals surface area contributed by atoms with E-state index in [9.17, 15) is 0 Å². The summed E-state index contributed by atoms with van der Waals surface area (Å²) in [5.41, 5.74) is 28.4. The van der Waals surface area contributed by atoms with Gasteiger partial charge < -0.3 is 9.80 Å². The first-order chi connectivity index (χ1) is 45.2. The molecule has 0 atom stereocenters. The van der Waals surface area contributed by atoms with Crippen molar-refractivity contribution in [3.05, 3.63) is 294 Å². The minimum absolute atomic E-state index is 0.995. The van der Waals surface area contributed by atoms with E-state index < -0.39 is 0 Å². The van der Waals surface area contributed by atoms with E-state index in [1.54, 1.807) is 0 Å². The van der Waals surface area contributed by atoms with Crippen LogP contribution < -0.4 is 9.80 Å². The van der Waals surface area contributed by atoms with E-state index in [-0.39, 0.29) is 0 Å². The van der Waals surface area contributed by atoms with Crippen molar-refractivity contribution in [2.24, 2.45) is 0 Å². The second-order valence-corrected chi connectivity index (χ2v) is 25.6. The van der Waals surface area contributed by atoms with Crippen molar-refractivity contribution in [2.75, 3.05) is 9.80 Å². The summed E-state index contributed by atoms with van der Waals surface area (Å²) in [5, 5.41) is 5.10. The molecule has 460 valence electrons. The quantitative estimate of drug-likeness (QED) is 0.0499. The van der Waals surface area contributed by atoms with Crippen LogP contribution in [0.2, 0.25) is 0 Å². The highest BCUT2D eigenvalue weighted by Crippen LogP contribution is 2.48. The van der Waals surface area contributed by atoms with Crippen LogP contribution >= 0.6 is 0 Å². The highest BCUT2D eigenvalue weighted by molar-refractivity contribution is 6.13. The standard InChI is InChI=1S/C90H90N2/c1-8-11-13-15-17-21-35-76-63-81(56-57-83(76)73-33-25-20-26-34-73)91(79-52-47-72(48-53-79)74-42-41-64(4)68(10-3)61-74)78-50-43-70(44-51-78)71-45-54-80(55-46-71)92(87-58-49-75(69-31-23-19-24-32-69)62-77(87)36-22-18-16-14-12-9-2)88-60-67(7)90(86-40-30-28-38-84(86)88)89-66(6)59-65(5)82-37-27-29-39-85(82)89/h10,19-20,23-34,37-63H,3,8-9,11-18,21-22,35-36H2,1-2,4-7H3. The topological polar surface area (TPSA) is 6.48 Å². The molecular weight excluding hydrogens is 1110 g/mol. The Bertz CT molecular complexity index is 4460. The third-order valence-corrected chi connectivity index (χ3v) is 19.2. The molecule has 0 heterocycles. The van der Waals surface area contributed by atoms with Gasteiger partial charge in [-0.25, -0.2) is 0 Å². The summed E-state index contributed by atoms with van der Waals surface area (Å²) >= 11 is 0. The summed E-state index contributed by atoms with van der Waals surface area (Å²) in [5.74, 6) is 0. The fourth-order valence-corrected chi connectivity index (χ4v) is 14.2. The first kappa shape index (κ1) is 62.7. The smallest absolute Gasteiger partial charge is 0.0543 e. The number of aryl methyl sites for hydroxylation is 6. The Morgan fingerprint density at radius 3 is 1.32 bits per heavy atom. The Morgan fingerprint density at radius 2 is 0.728 bits per heavy atom. The first-order valence-electron chi connectivity index (χ1n) is 34.2. The Labute approximate surface area is 549 Å². The van der Waals surface area contributed by atoms with E-state index in [1.165, 1.54) is 193 Å². The predicted molar refractivity (Wildman–Crippen MR) is 401 cm³/mol. The van der Waals surface area contributed by atoms with Crippen molar-refractivity contribution in [2.45, 2.75) is 131 Å². The van der Waals surface area contributed by atoms with Crippen molar-refractivity contribution in [3.63, 3.8) is 0 Å². The monoisotopic (exact) mass is 1200 g/mol. The number of nitrogens with zero attached hydrogens (tertiary/aromatic N) is 2. The van der Waals surface area contributed by atoms with Gasteiger partial charge in [0.1, 0.15) is 0 Å². The third kappa shape index (κ3) is 13.9. The lowest BCUT2D eigenvalue weighted by atomic mass is 9.85. The molecule has 12 aromatic rings. The Morgan fingerprint density at radius 1 is 0.293 bits per heavy atom. The van der Waals surface area contributed by atoms with E-state index in [1.807, 2.05) is 6.08 Å². The van der Waals surface area contributed by atoms with Crippen LogP contribution in [0, 0.1) is 27.7 Å². The molecule has 0 aliphatic carbocycles. The van der Waals surface area contributed by atoms with Crippen molar-refractivity contribution in [1.29, 1.82) is 0 Å². The molecule has 12 rings (SSSR count). The molecule has 0 amide bonds. The molecule has 2 nitrogen and oxygen atoms in total. The Kier molecular flexibility index (Phi) is 20.2. The van der Waals surface area contributed by atoms with Crippen molar-refractivity contribution in [1.82, 2.24) is 0 Å². The molecule has 0 aromatic heterocycles. The van der Waals surface area contributed by atoms with Crippen LogP contribution in [-0.4, -0.2) is 0 Å². The van der Waals surface area contributed by atoms with Crippen LogP contribution in [0.5, 0.6) is 0 Å². The Balaban J connectivity index is 0.952. The van der Waals surface area contributed by atoms with Crippen molar-refractivity contribution in [3.8, 4) is 55.6 Å². The maximum absolute atomic E-state index is 4.11. The zero-order valence-corrected chi connectivity index (χ0v) is 55.2. The van der Waals surface area contributed by atoms with Crippen LogP contribution in [0.4, 0.5) is 34.1 Å². The average molecular weight is 1200 g/mol. The molecule has 2 heteroatoms. The minimum Gasteiger partial charge on any atom is -0.310 e. The minimum atomic E-state index is 0.995. The molecule has 0 saturated carbocycles. The first-order valence-corrected chi connectivity index (χ1v) is 34.2. The van der Waals surface area contributed by atoms with Crippen LogP contribution in [-0.2, 0) is 12.8 Å². The number of benzene rings is 12. The van der Waals surface area contributed by atoms with Gasteiger partial charge in [0.15, 0.2) is 0 Å². The van der Waals surface area contributed by atoms with Gasteiger partial charge >= 0.3 is 0 Å². The predicted octanol–water partition coefficient (Wildman–Crippen LogP) is 27.0. The molecule has 0 unspecified atom stereocenters. The van der Waals surface area contributed by atoms with Crippen LogP contribution in [0.3, 0.4) is 0 Å². The zero-order chi connectivity index (χ0) is 63.3. The summed E-state index contributed by atoms with van der Waals surface area (Å²) in [7, 11) is 0. The molecule has 0 radical (unpaired) electrons. The molecule has 92 heavy (non-hydrogen) atoms. The molecule has 0 spiro atoms. The maximum atomic E-state index is 4.11.